The Labute approximate surface area is 97.7 Å². The van der Waals surface area contributed by atoms with E-state index < -0.39 is 0 Å². The molecule has 1 heterocycles. The molecule has 0 aliphatic carbocycles. The average molecular weight is 229 g/mol. The molecule has 1 aliphatic rings. The van der Waals surface area contributed by atoms with Crippen LogP contribution >= 0.6 is 0 Å². The molecule has 1 fully saturated rings. The average Bonchev–Trinajstić information content (AvgIpc) is 2.74. The maximum atomic E-state index is 11.8. The van der Waals surface area contributed by atoms with Crippen LogP contribution in [0.2, 0.25) is 0 Å². The van der Waals surface area contributed by atoms with Crippen molar-refractivity contribution < 1.29 is 14.3 Å². The first-order valence-electron chi connectivity index (χ1n) is 6.27. The van der Waals surface area contributed by atoms with Crippen LogP contribution in [0, 0.1) is 5.92 Å². The number of hydrogen-bond donors (Lipinski definition) is 1. The molecular formula is C12H23NO3. The molecule has 1 N–H and O–H groups in total. The van der Waals surface area contributed by atoms with E-state index in [-0.39, 0.29) is 17.9 Å². The van der Waals surface area contributed by atoms with Crippen molar-refractivity contribution in [2.45, 2.75) is 39.2 Å². The van der Waals surface area contributed by atoms with Crippen molar-refractivity contribution in [1.29, 1.82) is 0 Å². The summed E-state index contributed by atoms with van der Waals surface area (Å²) in [5.41, 5.74) is 0. The number of esters is 1. The molecular weight excluding hydrogens is 206 g/mol. The van der Waals surface area contributed by atoms with Gasteiger partial charge in [0.05, 0.1) is 25.7 Å². The van der Waals surface area contributed by atoms with Gasteiger partial charge < -0.3 is 14.8 Å². The fourth-order valence-corrected chi connectivity index (χ4v) is 1.74. The van der Waals surface area contributed by atoms with Crippen molar-refractivity contribution in [2.24, 2.45) is 5.92 Å². The van der Waals surface area contributed by atoms with Crippen LogP contribution in [0.15, 0.2) is 0 Å². The zero-order chi connectivity index (χ0) is 11.8. The van der Waals surface area contributed by atoms with Crippen LogP contribution in [0.5, 0.6) is 0 Å². The van der Waals surface area contributed by atoms with E-state index in [9.17, 15) is 4.79 Å². The molecule has 0 bridgehead atoms. The Morgan fingerprint density at radius 3 is 2.88 bits per heavy atom. The van der Waals surface area contributed by atoms with Crippen LogP contribution in [-0.4, -0.2) is 38.4 Å². The highest BCUT2D eigenvalue weighted by atomic mass is 16.5. The molecule has 2 unspecified atom stereocenters. The molecule has 2 atom stereocenters. The quantitative estimate of drug-likeness (QED) is 0.529. The number of unbranched alkanes of at least 4 members (excludes halogenated alkanes) is 1. The molecule has 1 aliphatic heterocycles. The topological polar surface area (TPSA) is 47.6 Å². The summed E-state index contributed by atoms with van der Waals surface area (Å²) in [5.74, 6) is -0.233. The predicted octanol–water partition coefficient (Wildman–Crippen LogP) is 1.34. The molecule has 0 radical (unpaired) electrons. The molecule has 94 valence electrons. The number of carbonyl (C=O) groups is 1. The minimum Gasteiger partial charge on any atom is -0.465 e. The van der Waals surface area contributed by atoms with Crippen molar-refractivity contribution in [1.82, 2.24) is 5.32 Å². The van der Waals surface area contributed by atoms with Crippen LogP contribution < -0.4 is 5.32 Å². The zero-order valence-corrected chi connectivity index (χ0v) is 10.3. The fourth-order valence-electron chi connectivity index (χ4n) is 1.74. The van der Waals surface area contributed by atoms with Gasteiger partial charge in [0, 0.05) is 6.04 Å². The molecule has 0 aromatic heterocycles. The number of carbonyl (C=O) groups excluding carboxylic acids is 1. The van der Waals surface area contributed by atoms with Crippen molar-refractivity contribution >= 4 is 5.97 Å². The highest BCUT2D eigenvalue weighted by molar-refractivity contribution is 5.73. The number of hydrogen-bond acceptors (Lipinski definition) is 4. The summed E-state index contributed by atoms with van der Waals surface area (Å²) >= 11 is 0. The molecule has 0 saturated carbocycles. The summed E-state index contributed by atoms with van der Waals surface area (Å²) in [6, 6.07) is 0.133. The Kier molecular flexibility index (Phi) is 6.42. The van der Waals surface area contributed by atoms with Crippen LogP contribution in [0.3, 0.4) is 0 Å². The monoisotopic (exact) mass is 229 g/mol. The van der Waals surface area contributed by atoms with Crippen LogP contribution in [0.25, 0.3) is 0 Å². The van der Waals surface area contributed by atoms with Gasteiger partial charge in [-0.1, -0.05) is 20.3 Å². The lowest BCUT2D eigenvalue weighted by Crippen LogP contribution is -2.40. The highest BCUT2D eigenvalue weighted by Gasteiger charge is 2.34. The Hall–Kier alpha value is -0.610. The van der Waals surface area contributed by atoms with Gasteiger partial charge in [0.25, 0.3) is 0 Å². The standard InChI is InChI=1S/C12H23NO3/c1-3-5-7-16-12(14)10-8-15-9-11(10)13-6-4-2/h10-11,13H,3-9H2,1-2H3. The summed E-state index contributed by atoms with van der Waals surface area (Å²) < 4.78 is 10.5. The summed E-state index contributed by atoms with van der Waals surface area (Å²) in [7, 11) is 0. The lowest BCUT2D eigenvalue weighted by molar-refractivity contribution is -0.149. The summed E-state index contributed by atoms with van der Waals surface area (Å²) in [4.78, 5) is 11.8. The minimum atomic E-state index is -0.122. The second-order valence-corrected chi connectivity index (χ2v) is 4.23. The molecule has 0 spiro atoms. The molecule has 4 heteroatoms. The fraction of sp³-hybridized carbons (Fsp3) is 0.917. The Bertz CT molecular complexity index is 208. The van der Waals surface area contributed by atoms with E-state index in [0.29, 0.717) is 19.8 Å². The third-order valence-electron chi connectivity index (χ3n) is 2.78. The van der Waals surface area contributed by atoms with Gasteiger partial charge in [-0.05, 0) is 19.4 Å². The Balaban J connectivity index is 2.29. The minimum absolute atomic E-state index is 0.112. The van der Waals surface area contributed by atoms with Gasteiger partial charge in [-0.25, -0.2) is 0 Å². The van der Waals surface area contributed by atoms with Gasteiger partial charge in [-0.3, -0.25) is 4.79 Å². The summed E-state index contributed by atoms with van der Waals surface area (Å²) in [6.07, 6.45) is 3.05. The lowest BCUT2D eigenvalue weighted by Gasteiger charge is -2.17. The highest BCUT2D eigenvalue weighted by Crippen LogP contribution is 2.15. The first-order chi connectivity index (χ1) is 7.79. The third kappa shape index (κ3) is 4.10. The first kappa shape index (κ1) is 13.5. The van der Waals surface area contributed by atoms with E-state index in [2.05, 4.69) is 19.2 Å². The smallest absolute Gasteiger partial charge is 0.312 e. The number of ether oxygens (including phenoxy) is 2. The molecule has 1 rings (SSSR count). The SMILES string of the molecule is CCCCOC(=O)C1COCC1NCCC. The van der Waals surface area contributed by atoms with E-state index in [4.69, 9.17) is 9.47 Å². The lowest BCUT2D eigenvalue weighted by atomic mass is 10.0. The van der Waals surface area contributed by atoms with Crippen molar-refractivity contribution in [3.8, 4) is 0 Å². The molecule has 4 nitrogen and oxygen atoms in total. The van der Waals surface area contributed by atoms with Crippen molar-refractivity contribution in [3.63, 3.8) is 0 Å². The van der Waals surface area contributed by atoms with Crippen LogP contribution in [-0.2, 0) is 14.3 Å². The van der Waals surface area contributed by atoms with Gasteiger partial charge >= 0.3 is 5.97 Å². The molecule has 0 amide bonds. The first-order valence-corrected chi connectivity index (χ1v) is 6.27. The van der Waals surface area contributed by atoms with E-state index >= 15 is 0 Å². The Morgan fingerprint density at radius 2 is 2.19 bits per heavy atom. The maximum Gasteiger partial charge on any atom is 0.312 e. The van der Waals surface area contributed by atoms with Gasteiger partial charge in [-0.2, -0.15) is 0 Å². The summed E-state index contributed by atoms with van der Waals surface area (Å²) in [6.45, 7) is 6.76. The number of rotatable bonds is 7. The van der Waals surface area contributed by atoms with E-state index in [1.54, 1.807) is 0 Å². The second-order valence-electron chi connectivity index (χ2n) is 4.23. The summed E-state index contributed by atoms with van der Waals surface area (Å²) in [5, 5.41) is 3.33. The van der Waals surface area contributed by atoms with Crippen LogP contribution in [0.4, 0.5) is 0 Å². The number of nitrogens with one attached hydrogen (secondary N) is 1. The van der Waals surface area contributed by atoms with E-state index in [1.807, 2.05) is 0 Å². The second kappa shape index (κ2) is 7.63. The van der Waals surface area contributed by atoms with Gasteiger partial charge in [-0.15, -0.1) is 0 Å². The Morgan fingerprint density at radius 1 is 1.38 bits per heavy atom. The third-order valence-corrected chi connectivity index (χ3v) is 2.78. The molecule has 1 saturated heterocycles. The van der Waals surface area contributed by atoms with Gasteiger partial charge in [0.2, 0.25) is 0 Å². The molecule has 0 aromatic rings. The normalized spacial score (nSPS) is 24.6. The molecule has 16 heavy (non-hydrogen) atoms. The molecule has 0 aromatic carbocycles. The van der Waals surface area contributed by atoms with Crippen molar-refractivity contribution in [2.75, 3.05) is 26.4 Å². The zero-order valence-electron chi connectivity index (χ0n) is 10.3. The van der Waals surface area contributed by atoms with Crippen LogP contribution in [0.1, 0.15) is 33.1 Å². The van der Waals surface area contributed by atoms with Crippen molar-refractivity contribution in [3.05, 3.63) is 0 Å². The van der Waals surface area contributed by atoms with Gasteiger partial charge in [0.15, 0.2) is 0 Å². The van der Waals surface area contributed by atoms with E-state index in [0.717, 1.165) is 25.8 Å². The maximum absolute atomic E-state index is 11.8. The van der Waals surface area contributed by atoms with E-state index in [1.165, 1.54) is 0 Å². The largest absolute Gasteiger partial charge is 0.465 e. The van der Waals surface area contributed by atoms with Gasteiger partial charge in [0.1, 0.15) is 0 Å². The predicted molar refractivity (Wildman–Crippen MR) is 62.3 cm³/mol.